The molecule has 0 spiro atoms. The van der Waals surface area contributed by atoms with Gasteiger partial charge in [0.05, 0.1) is 29.4 Å². The van der Waals surface area contributed by atoms with Crippen LogP contribution in [0.2, 0.25) is 0 Å². The van der Waals surface area contributed by atoms with E-state index in [2.05, 4.69) is 9.97 Å². The molecule has 8 heteroatoms. The number of urea groups is 1. The van der Waals surface area contributed by atoms with E-state index in [-0.39, 0.29) is 11.7 Å². The summed E-state index contributed by atoms with van der Waals surface area (Å²) in [6.45, 7) is 0.626. The molecular formula is C20H19N5O3. The highest BCUT2D eigenvalue weighted by molar-refractivity contribution is 5.91. The molecule has 3 rings (SSSR count). The third-order valence-corrected chi connectivity index (χ3v) is 4.16. The molecule has 0 fully saturated rings. The van der Waals surface area contributed by atoms with Crippen molar-refractivity contribution in [3.8, 4) is 0 Å². The summed E-state index contributed by atoms with van der Waals surface area (Å²) >= 11 is 0. The monoisotopic (exact) mass is 377 g/mol. The van der Waals surface area contributed by atoms with E-state index in [0.717, 1.165) is 11.4 Å². The minimum Gasteiger partial charge on any atom is -0.313 e. The molecule has 0 bridgehead atoms. The van der Waals surface area contributed by atoms with E-state index in [1.54, 1.807) is 36.5 Å². The molecule has 0 radical (unpaired) electrons. The minimum absolute atomic E-state index is 0.0246. The smallest absolute Gasteiger partial charge is 0.313 e. The Labute approximate surface area is 162 Å². The minimum atomic E-state index is -0.472. The first-order chi connectivity index (χ1) is 13.5. The van der Waals surface area contributed by atoms with Crippen LogP contribution in [-0.4, -0.2) is 32.9 Å². The molecular weight excluding hydrogens is 358 g/mol. The zero-order chi connectivity index (χ0) is 19.9. The molecule has 2 heterocycles. The molecule has 8 nitrogen and oxygen atoms in total. The van der Waals surface area contributed by atoms with Crippen LogP contribution in [0.3, 0.4) is 0 Å². The highest BCUT2D eigenvalue weighted by atomic mass is 16.6. The van der Waals surface area contributed by atoms with Crippen molar-refractivity contribution in [3.63, 3.8) is 0 Å². The number of hydrogen-bond acceptors (Lipinski definition) is 5. The largest absolute Gasteiger partial charge is 0.324 e. The van der Waals surface area contributed by atoms with Gasteiger partial charge in [-0.2, -0.15) is 0 Å². The molecule has 0 N–H and O–H groups in total. The first-order valence-corrected chi connectivity index (χ1v) is 8.61. The van der Waals surface area contributed by atoms with Gasteiger partial charge in [-0.3, -0.25) is 25.0 Å². The number of benzene rings is 1. The molecule has 0 aliphatic carbocycles. The van der Waals surface area contributed by atoms with Gasteiger partial charge in [0.1, 0.15) is 0 Å². The fraction of sp³-hybridized carbons (Fsp3) is 0.150. The number of nitro groups is 1. The maximum absolute atomic E-state index is 13.1. The second-order valence-corrected chi connectivity index (χ2v) is 6.11. The van der Waals surface area contributed by atoms with E-state index in [1.165, 1.54) is 17.0 Å². The Kier molecular flexibility index (Phi) is 5.91. The fourth-order valence-electron chi connectivity index (χ4n) is 2.69. The van der Waals surface area contributed by atoms with Crippen molar-refractivity contribution in [2.45, 2.75) is 13.1 Å². The Bertz CT molecular complexity index is 892. The van der Waals surface area contributed by atoms with Gasteiger partial charge in [0.25, 0.3) is 5.69 Å². The highest BCUT2D eigenvalue weighted by Crippen LogP contribution is 2.20. The van der Waals surface area contributed by atoms with Gasteiger partial charge in [0.2, 0.25) is 0 Å². The number of carbonyl (C=O) groups excluding carboxylic acids is 1. The van der Waals surface area contributed by atoms with Crippen molar-refractivity contribution < 1.29 is 9.72 Å². The van der Waals surface area contributed by atoms with Crippen LogP contribution < -0.4 is 4.90 Å². The van der Waals surface area contributed by atoms with Crippen LogP contribution in [0.5, 0.6) is 0 Å². The molecule has 2 aromatic heterocycles. The summed E-state index contributed by atoms with van der Waals surface area (Å²) in [6, 6.07) is 16.7. The number of amides is 2. The van der Waals surface area contributed by atoms with Gasteiger partial charge in [0, 0.05) is 37.3 Å². The standard InChI is InChI=1S/C20H19N5O3/c1-23(18-8-10-19(11-9-18)25(27)28)20(26)24(14-16-6-2-4-12-21-16)15-17-7-3-5-13-22-17/h2-13H,14-15H2,1H3. The van der Waals surface area contributed by atoms with Crippen LogP contribution in [0, 0.1) is 10.1 Å². The van der Waals surface area contributed by atoms with Gasteiger partial charge in [-0.25, -0.2) is 4.79 Å². The van der Waals surface area contributed by atoms with Gasteiger partial charge < -0.3 is 4.90 Å². The Morgan fingerprint density at radius 2 is 1.46 bits per heavy atom. The highest BCUT2D eigenvalue weighted by Gasteiger charge is 2.21. The molecule has 0 unspecified atom stereocenters. The molecule has 142 valence electrons. The number of non-ortho nitro benzene ring substituents is 1. The molecule has 28 heavy (non-hydrogen) atoms. The van der Waals surface area contributed by atoms with E-state index in [1.807, 2.05) is 36.4 Å². The third-order valence-electron chi connectivity index (χ3n) is 4.16. The molecule has 3 aromatic rings. The molecule has 0 atom stereocenters. The Morgan fingerprint density at radius 3 is 1.89 bits per heavy atom. The molecule has 0 saturated heterocycles. The number of pyridine rings is 2. The van der Waals surface area contributed by atoms with Crippen LogP contribution in [0.1, 0.15) is 11.4 Å². The molecule has 0 aliphatic heterocycles. The van der Waals surface area contributed by atoms with Crippen molar-refractivity contribution in [2.75, 3.05) is 11.9 Å². The number of anilines is 1. The maximum Gasteiger partial charge on any atom is 0.324 e. The molecule has 0 saturated carbocycles. The first kappa shape index (κ1) is 19.0. The third kappa shape index (κ3) is 4.67. The predicted octanol–water partition coefficient (Wildman–Crippen LogP) is 3.64. The number of rotatable bonds is 6. The van der Waals surface area contributed by atoms with E-state index >= 15 is 0 Å². The number of hydrogen-bond donors (Lipinski definition) is 0. The summed E-state index contributed by atoms with van der Waals surface area (Å²) in [4.78, 5) is 35.2. The summed E-state index contributed by atoms with van der Waals surface area (Å²) in [7, 11) is 1.63. The lowest BCUT2D eigenvalue weighted by atomic mass is 10.2. The summed E-state index contributed by atoms with van der Waals surface area (Å²) in [5.41, 5.74) is 2.04. The van der Waals surface area contributed by atoms with Gasteiger partial charge in [-0.05, 0) is 36.4 Å². The molecule has 1 aromatic carbocycles. The SMILES string of the molecule is CN(C(=O)N(Cc1ccccn1)Cc1ccccn1)c1ccc([N+](=O)[O-])cc1. The van der Waals surface area contributed by atoms with Crippen LogP contribution >= 0.6 is 0 Å². The van der Waals surface area contributed by atoms with E-state index in [0.29, 0.717) is 18.8 Å². The van der Waals surface area contributed by atoms with E-state index < -0.39 is 4.92 Å². The lowest BCUT2D eigenvalue weighted by molar-refractivity contribution is -0.384. The average molecular weight is 377 g/mol. The maximum atomic E-state index is 13.1. The average Bonchev–Trinajstić information content (AvgIpc) is 2.74. The van der Waals surface area contributed by atoms with Gasteiger partial charge in [0.15, 0.2) is 0 Å². The summed E-state index contributed by atoms with van der Waals surface area (Å²) in [5.74, 6) is 0. The van der Waals surface area contributed by atoms with E-state index in [9.17, 15) is 14.9 Å². The molecule has 2 amide bonds. The lowest BCUT2D eigenvalue weighted by Crippen LogP contribution is -2.40. The second-order valence-electron chi connectivity index (χ2n) is 6.11. The van der Waals surface area contributed by atoms with Crippen molar-refractivity contribution in [1.82, 2.24) is 14.9 Å². The van der Waals surface area contributed by atoms with Crippen LogP contribution in [0.4, 0.5) is 16.2 Å². The molecule has 0 aliphatic rings. The second kappa shape index (κ2) is 8.72. The van der Waals surface area contributed by atoms with Crippen molar-refractivity contribution >= 4 is 17.4 Å². The van der Waals surface area contributed by atoms with Crippen LogP contribution in [0.25, 0.3) is 0 Å². The Morgan fingerprint density at radius 1 is 0.929 bits per heavy atom. The van der Waals surface area contributed by atoms with Crippen molar-refractivity contribution in [1.29, 1.82) is 0 Å². The van der Waals surface area contributed by atoms with Gasteiger partial charge in [-0.1, -0.05) is 12.1 Å². The topological polar surface area (TPSA) is 92.5 Å². The number of aromatic nitrogens is 2. The zero-order valence-electron chi connectivity index (χ0n) is 15.3. The summed E-state index contributed by atoms with van der Waals surface area (Å²) in [5, 5.41) is 10.8. The number of carbonyl (C=O) groups is 1. The number of nitro benzene ring substituents is 1. The zero-order valence-corrected chi connectivity index (χ0v) is 15.3. The van der Waals surface area contributed by atoms with Crippen molar-refractivity contribution in [2.24, 2.45) is 0 Å². The predicted molar refractivity (Wildman–Crippen MR) is 105 cm³/mol. The lowest BCUT2D eigenvalue weighted by Gasteiger charge is -2.28. The van der Waals surface area contributed by atoms with Crippen LogP contribution in [0.15, 0.2) is 73.1 Å². The summed E-state index contributed by atoms with van der Waals surface area (Å²) in [6.07, 6.45) is 3.36. The first-order valence-electron chi connectivity index (χ1n) is 8.61. The number of nitrogens with zero attached hydrogens (tertiary/aromatic N) is 5. The van der Waals surface area contributed by atoms with Crippen molar-refractivity contribution in [3.05, 3.63) is 94.6 Å². The van der Waals surface area contributed by atoms with Gasteiger partial charge >= 0.3 is 6.03 Å². The Balaban J connectivity index is 1.82. The summed E-state index contributed by atoms with van der Waals surface area (Å²) < 4.78 is 0. The quantitative estimate of drug-likeness (QED) is 0.483. The normalized spacial score (nSPS) is 10.3. The van der Waals surface area contributed by atoms with E-state index in [4.69, 9.17) is 0 Å². The van der Waals surface area contributed by atoms with Gasteiger partial charge in [-0.15, -0.1) is 0 Å². The van der Waals surface area contributed by atoms with Crippen LogP contribution in [-0.2, 0) is 13.1 Å². The Hall–Kier alpha value is -3.81. The fourth-order valence-corrected chi connectivity index (χ4v) is 2.69.